The van der Waals surface area contributed by atoms with Crippen molar-refractivity contribution in [2.24, 2.45) is 11.5 Å². The summed E-state index contributed by atoms with van der Waals surface area (Å²) >= 11 is 6.87. The van der Waals surface area contributed by atoms with Crippen LogP contribution in [0.1, 0.15) is 11.1 Å². The number of carbonyl (C=O) groups is 2. The minimum Gasteiger partial charge on any atom is -0.480 e. The van der Waals surface area contributed by atoms with E-state index < -0.39 is 24.0 Å². The van der Waals surface area contributed by atoms with Gasteiger partial charge in [-0.3, -0.25) is 4.79 Å². The van der Waals surface area contributed by atoms with Gasteiger partial charge < -0.3 is 36.3 Å². The largest absolute Gasteiger partial charge is 0.480 e. The molecule has 41 heavy (non-hydrogen) atoms. The molecule has 0 aliphatic rings. The number of halogens is 2. The molecule has 8 N–H and O–H groups in total. The minimum atomic E-state index is -0.972. The van der Waals surface area contributed by atoms with Gasteiger partial charge in [0.05, 0.1) is 5.52 Å². The van der Waals surface area contributed by atoms with Crippen molar-refractivity contribution in [3.05, 3.63) is 99.3 Å². The van der Waals surface area contributed by atoms with Crippen molar-refractivity contribution in [1.82, 2.24) is 15.0 Å². The second-order valence-corrected chi connectivity index (χ2v) is 11.4. The Bertz CT molecular complexity index is 1860. The van der Waals surface area contributed by atoms with Crippen LogP contribution in [0.4, 0.5) is 0 Å². The lowest BCUT2D eigenvalue weighted by atomic mass is 10.1. The lowest BCUT2D eigenvalue weighted by Crippen LogP contribution is -2.36. The number of nitrogens with one attached hydrogen (secondary N) is 3. The molecule has 0 unspecified atom stereocenters. The van der Waals surface area contributed by atoms with E-state index in [2.05, 4.69) is 46.8 Å². The van der Waals surface area contributed by atoms with Crippen molar-refractivity contribution in [2.45, 2.75) is 24.9 Å². The van der Waals surface area contributed by atoms with E-state index in [4.69, 9.17) is 21.3 Å². The molecule has 2 atom stereocenters. The number of carboxylic acids is 1. The number of carbonyl (C=O) groups excluding carboxylic acids is 1. The van der Waals surface area contributed by atoms with E-state index in [0.717, 1.165) is 52.8 Å². The topological polar surface area (TPSA) is 163 Å². The van der Waals surface area contributed by atoms with Gasteiger partial charge in [-0.15, -0.1) is 0 Å². The first-order valence-electron chi connectivity index (χ1n) is 12.7. The van der Waals surface area contributed by atoms with Gasteiger partial charge >= 0.3 is 11.9 Å². The van der Waals surface area contributed by atoms with Gasteiger partial charge in [-0.1, -0.05) is 56.1 Å². The highest BCUT2D eigenvalue weighted by molar-refractivity contribution is 9.10. The number of hydrogen-bond donors (Lipinski definition) is 6. The quantitative estimate of drug-likeness (QED) is 0.117. The Morgan fingerprint density at radius 3 is 1.95 bits per heavy atom. The third-order valence-corrected chi connectivity index (χ3v) is 7.71. The van der Waals surface area contributed by atoms with E-state index >= 15 is 0 Å². The monoisotopic (exact) mass is 679 g/mol. The van der Waals surface area contributed by atoms with Gasteiger partial charge in [0.15, 0.2) is 5.75 Å². The molecule has 9 nitrogen and oxygen atoms in total. The zero-order valence-electron chi connectivity index (χ0n) is 21.7. The number of hydrogen-bond acceptors (Lipinski definition) is 5. The first-order chi connectivity index (χ1) is 19.7. The first-order valence-corrected chi connectivity index (χ1v) is 14.3. The molecule has 0 saturated carbocycles. The molecule has 6 aromatic rings. The predicted octanol–water partition coefficient (Wildman–Crippen LogP) is 5.77. The fourth-order valence-electron chi connectivity index (χ4n) is 4.61. The maximum Gasteiger partial charge on any atom is 0.328 e. The van der Waals surface area contributed by atoms with Gasteiger partial charge in [0.2, 0.25) is 0 Å². The molecule has 0 radical (unpaired) electrons. The van der Waals surface area contributed by atoms with E-state index in [-0.39, 0.29) is 0 Å². The number of esters is 1. The normalized spacial score (nSPS) is 12.7. The Morgan fingerprint density at radius 1 is 0.732 bits per heavy atom. The molecular formula is C30H27Br2N5O4. The van der Waals surface area contributed by atoms with Crippen molar-refractivity contribution < 1.29 is 19.4 Å². The Labute approximate surface area is 251 Å². The number of fused-ring (bicyclic) bond motifs is 3. The number of benzene rings is 3. The van der Waals surface area contributed by atoms with Gasteiger partial charge in [-0.2, -0.15) is 0 Å². The SMILES string of the molecule is N[C@@H](Cc1c[nH]c2cc(Br)ccc12)C(=O)Oc1c[nH]c2cc(Br)ccc12.N[C@@H](Cc1c[nH]c2ccccc12)C(=O)O. The van der Waals surface area contributed by atoms with Crippen LogP contribution in [0.15, 0.2) is 88.2 Å². The molecule has 0 aliphatic heterocycles. The van der Waals surface area contributed by atoms with Crippen molar-refractivity contribution in [1.29, 1.82) is 0 Å². The van der Waals surface area contributed by atoms with Crippen molar-refractivity contribution in [3.8, 4) is 5.75 Å². The molecule has 6 rings (SSSR count). The molecule has 0 bridgehead atoms. The molecule has 3 aromatic heterocycles. The van der Waals surface area contributed by atoms with Crippen LogP contribution < -0.4 is 16.2 Å². The number of rotatable bonds is 7. The Balaban J connectivity index is 0.000000191. The van der Waals surface area contributed by atoms with Crippen LogP contribution in [-0.2, 0) is 22.4 Å². The van der Waals surface area contributed by atoms with E-state index in [0.29, 0.717) is 18.6 Å². The summed E-state index contributed by atoms with van der Waals surface area (Å²) in [5, 5.41) is 11.6. The summed E-state index contributed by atoms with van der Waals surface area (Å²) in [7, 11) is 0. The fraction of sp³-hybridized carbons (Fsp3) is 0.133. The fourth-order valence-corrected chi connectivity index (χ4v) is 5.33. The Hall–Kier alpha value is -3.90. The molecule has 0 spiro atoms. The third-order valence-electron chi connectivity index (χ3n) is 6.72. The van der Waals surface area contributed by atoms with Gasteiger partial charge in [0.1, 0.15) is 12.1 Å². The van der Waals surface area contributed by atoms with E-state index in [1.54, 1.807) is 6.20 Å². The minimum absolute atomic E-state index is 0.347. The van der Waals surface area contributed by atoms with Crippen molar-refractivity contribution >= 4 is 76.5 Å². The molecule has 0 amide bonds. The number of aromatic amines is 3. The summed E-state index contributed by atoms with van der Waals surface area (Å²) < 4.78 is 7.47. The number of nitrogens with two attached hydrogens (primary N) is 2. The number of H-pyrrole nitrogens is 3. The summed E-state index contributed by atoms with van der Waals surface area (Å²) in [6, 6.07) is 17.8. The molecule has 210 valence electrons. The highest BCUT2D eigenvalue weighted by Crippen LogP contribution is 2.28. The predicted molar refractivity (Wildman–Crippen MR) is 167 cm³/mol. The van der Waals surface area contributed by atoms with Gasteiger partial charge in [0, 0.05) is 67.6 Å². The van der Waals surface area contributed by atoms with Crippen LogP contribution in [0.3, 0.4) is 0 Å². The number of para-hydroxylation sites is 1. The highest BCUT2D eigenvalue weighted by atomic mass is 79.9. The Morgan fingerprint density at radius 2 is 1.27 bits per heavy atom. The number of ether oxygens (including phenoxy) is 1. The first kappa shape index (κ1) is 28.6. The Kier molecular flexibility index (Phi) is 8.60. The summed E-state index contributed by atoms with van der Waals surface area (Å²) in [5.74, 6) is -0.948. The third kappa shape index (κ3) is 6.54. The zero-order chi connectivity index (χ0) is 29.1. The highest BCUT2D eigenvalue weighted by Gasteiger charge is 2.20. The summed E-state index contributed by atoms with van der Waals surface area (Å²) in [4.78, 5) is 32.5. The summed E-state index contributed by atoms with van der Waals surface area (Å²) in [6.07, 6.45) is 6.11. The van der Waals surface area contributed by atoms with Crippen LogP contribution in [-0.4, -0.2) is 44.1 Å². The van der Waals surface area contributed by atoms with Crippen LogP contribution in [0.25, 0.3) is 32.7 Å². The smallest absolute Gasteiger partial charge is 0.328 e. The average Bonchev–Trinajstić information content (AvgIpc) is 3.66. The maximum absolute atomic E-state index is 12.4. The molecular weight excluding hydrogens is 654 g/mol. The lowest BCUT2D eigenvalue weighted by Gasteiger charge is -2.10. The summed E-state index contributed by atoms with van der Waals surface area (Å²) in [6.45, 7) is 0. The van der Waals surface area contributed by atoms with Crippen molar-refractivity contribution in [2.75, 3.05) is 0 Å². The molecule has 3 aromatic carbocycles. The number of aliphatic carboxylic acids is 1. The van der Waals surface area contributed by atoms with E-state index in [1.165, 1.54) is 0 Å². The molecule has 0 aliphatic carbocycles. The molecule has 0 fully saturated rings. The molecule has 3 heterocycles. The zero-order valence-corrected chi connectivity index (χ0v) is 24.8. The van der Waals surface area contributed by atoms with Gasteiger partial charge in [-0.25, -0.2) is 4.79 Å². The lowest BCUT2D eigenvalue weighted by molar-refractivity contribution is -0.138. The molecule has 11 heteroatoms. The number of aromatic nitrogens is 3. The molecule has 0 saturated heterocycles. The van der Waals surface area contributed by atoms with Gasteiger partial charge in [0.25, 0.3) is 0 Å². The average molecular weight is 681 g/mol. The van der Waals surface area contributed by atoms with Crippen LogP contribution in [0, 0.1) is 0 Å². The van der Waals surface area contributed by atoms with E-state index in [9.17, 15) is 9.59 Å². The maximum atomic E-state index is 12.4. The summed E-state index contributed by atoms with van der Waals surface area (Å²) in [5.41, 5.74) is 16.4. The van der Waals surface area contributed by atoms with Crippen LogP contribution in [0.5, 0.6) is 5.75 Å². The van der Waals surface area contributed by atoms with E-state index in [1.807, 2.05) is 73.1 Å². The standard InChI is InChI=1S/C19H15Br2N3O2.C11H12N2O2/c20-11-1-3-13-10(8-23-16(13)6-11)5-15(22)19(25)26-18-9-24-17-7-12(21)2-4-14(17)18;12-9(11(14)15)5-7-6-13-10-4-2-1-3-8(7)10/h1-4,6-9,15,23-24H,5,22H2;1-4,6,9,13H,5,12H2,(H,14,15)/t15-;9-/m00/s1. The van der Waals surface area contributed by atoms with Crippen molar-refractivity contribution in [3.63, 3.8) is 0 Å². The van der Waals surface area contributed by atoms with Gasteiger partial charge in [-0.05, 0) is 47.5 Å². The number of carboxylic acid groups (broad SMARTS) is 1. The second kappa shape index (κ2) is 12.3. The van der Waals surface area contributed by atoms with Crippen LogP contribution >= 0.6 is 31.9 Å². The second-order valence-electron chi connectivity index (χ2n) is 9.59. The van der Waals surface area contributed by atoms with Crippen LogP contribution in [0.2, 0.25) is 0 Å².